The molecule has 0 N–H and O–H groups in total. The van der Waals surface area contributed by atoms with Gasteiger partial charge in [0, 0.05) is 26.1 Å². The molecule has 1 saturated heterocycles. The maximum absolute atomic E-state index is 12.8. The van der Waals surface area contributed by atoms with Gasteiger partial charge in [0.25, 0.3) is 5.91 Å². The number of aromatic nitrogens is 1. The molecule has 0 radical (unpaired) electrons. The number of rotatable bonds is 4. The van der Waals surface area contributed by atoms with E-state index in [4.69, 9.17) is 14.0 Å². The fourth-order valence-electron chi connectivity index (χ4n) is 2.95. The summed E-state index contributed by atoms with van der Waals surface area (Å²) in [7, 11) is 1.64. The summed E-state index contributed by atoms with van der Waals surface area (Å²) in [6, 6.07) is 0. The lowest BCUT2D eigenvalue weighted by molar-refractivity contribution is -0.143. The molecule has 1 aliphatic heterocycles. The van der Waals surface area contributed by atoms with Crippen LogP contribution >= 0.6 is 0 Å². The number of carbonyl (C=O) groups is 1. The quantitative estimate of drug-likeness (QED) is 0.847. The fourth-order valence-corrected chi connectivity index (χ4v) is 2.95. The molecule has 6 nitrogen and oxygen atoms in total. The molecule has 1 atom stereocenters. The number of hydrogen-bond acceptors (Lipinski definition) is 5. The predicted octanol–water partition coefficient (Wildman–Crippen LogP) is 1.82. The van der Waals surface area contributed by atoms with Gasteiger partial charge in [-0.25, -0.2) is 0 Å². The molecule has 1 amide bonds. The molecule has 6 heteroatoms. The Morgan fingerprint density at radius 3 is 2.95 bits per heavy atom. The smallest absolute Gasteiger partial charge is 0.259 e. The topological polar surface area (TPSA) is 64.8 Å². The Morgan fingerprint density at radius 2 is 2.29 bits per heavy atom. The van der Waals surface area contributed by atoms with Crippen LogP contribution in [-0.2, 0) is 9.47 Å². The Kier molecular flexibility index (Phi) is 3.75. The highest BCUT2D eigenvalue weighted by Gasteiger charge is 2.39. The normalized spacial score (nSPS) is 25.1. The van der Waals surface area contributed by atoms with Crippen LogP contribution in [0.25, 0.3) is 0 Å². The van der Waals surface area contributed by atoms with Crippen LogP contribution in [0.5, 0.6) is 0 Å². The minimum Gasteiger partial charge on any atom is -0.382 e. The van der Waals surface area contributed by atoms with E-state index in [0.29, 0.717) is 31.2 Å². The molecule has 21 heavy (non-hydrogen) atoms. The Hall–Kier alpha value is -1.40. The number of nitrogens with zero attached hydrogens (tertiary/aromatic N) is 2. The maximum atomic E-state index is 12.8. The first-order valence-corrected chi connectivity index (χ1v) is 7.40. The molecule has 0 aromatic carbocycles. The summed E-state index contributed by atoms with van der Waals surface area (Å²) in [4.78, 5) is 14.6. The van der Waals surface area contributed by atoms with Crippen molar-refractivity contribution in [2.75, 3.05) is 26.8 Å². The third kappa shape index (κ3) is 3.11. The molecule has 2 fully saturated rings. The van der Waals surface area contributed by atoms with Crippen LogP contribution in [0.2, 0.25) is 0 Å². The summed E-state index contributed by atoms with van der Waals surface area (Å²) in [5.74, 6) is 0.377. The van der Waals surface area contributed by atoms with Gasteiger partial charge in [-0.05, 0) is 26.7 Å². The van der Waals surface area contributed by atoms with E-state index in [9.17, 15) is 4.79 Å². The first kappa shape index (κ1) is 14.5. The van der Waals surface area contributed by atoms with Gasteiger partial charge in [-0.3, -0.25) is 4.79 Å². The van der Waals surface area contributed by atoms with Crippen LogP contribution in [0.1, 0.15) is 48.7 Å². The third-order valence-electron chi connectivity index (χ3n) is 3.91. The number of morpholine rings is 1. The van der Waals surface area contributed by atoms with Crippen molar-refractivity contribution in [1.29, 1.82) is 0 Å². The van der Waals surface area contributed by atoms with E-state index in [-0.39, 0.29) is 17.6 Å². The molecule has 1 saturated carbocycles. The molecular weight excluding hydrogens is 272 g/mol. The van der Waals surface area contributed by atoms with Crippen molar-refractivity contribution >= 4 is 5.91 Å². The third-order valence-corrected chi connectivity index (χ3v) is 3.91. The zero-order valence-electron chi connectivity index (χ0n) is 12.8. The van der Waals surface area contributed by atoms with Crippen molar-refractivity contribution in [3.05, 3.63) is 17.5 Å². The molecule has 0 bridgehead atoms. The molecule has 1 aromatic heterocycles. The predicted molar refractivity (Wildman–Crippen MR) is 75.2 cm³/mol. The molecule has 2 aliphatic rings. The standard InChI is InChI=1S/C15H22N2O4/c1-15(2)9-17(6-11(21-15)7-19-3)14(18)12-8-20-16-13(12)10-4-5-10/h8,10-11H,4-7,9H2,1-3H3. The van der Waals surface area contributed by atoms with Crippen molar-refractivity contribution in [2.24, 2.45) is 0 Å². The number of hydrogen-bond donors (Lipinski definition) is 0. The molecule has 0 spiro atoms. The maximum Gasteiger partial charge on any atom is 0.259 e. The van der Waals surface area contributed by atoms with Gasteiger partial charge in [-0.2, -0.15) is 0 Å². The highest BCUT2D eigenvalue weighted by atomic mass is 16.5. The van der Waals surface area contributed by atoms with Crippen molar-refractivity contribution in [1.82, 2.24) is 10.1 Å². The molecule has 1 aliphatic carbocycles. The van der Waals surface area contributed by atoms with Gasteiger partial charge in [0.1, 0.15) is 11.8 Å². The second kappa shape index (κ2) is 5.42. The molecular formula is C15H22N2O4. The van der Waals surface area contributed by atoms with E-state index >= 15 is 0 Å². The summed E-state index contributed by atoms with van der Waals surface area (Å²) >= 11 is 0. The number of amides is 1. The monoisotopic (exact) mass is 294 g/mol. The molecule has 1 unspecified atom stereocenters. The summed E-state index contributed by atoms with van der Waals surface area (Å²) in [6.45, 7) is 5.55. The van der Waals surface area contributed by atoms with Gasteiger partial charge in [0.15, 0.2) is 0 Å². The Morgan fingerprint density at radius 1 is 1.52 bits per heavy atom. The van der Waals surface area contributed by atoms with Crippen molar-refractivity contribution in [2.45, 2.75) is 44.3 Å². The first-order chi connectivity index (χ1) is 10.00. The van der Waals surface area contributed by atoms with E-state index in [1.54, 1.807) is 7.11 Å². The average Bonchev–Trinajstić information content (AvgIpc) is 3.14. The van der Waals surface area contributed by atoms with Crippen LogP contribution in [-0.4, -0.2) is 54.5 Å². The summed E-state index contributed by atoms with van der Waals surface area (Å²) in [5.41, 5.74) is 1.03. The van der Waals surface area contributed by atoms with Crippen LogP contribution in [0.4, 0.5) is 0 Å². The van der Waals surface area contributed by atoms with Gasteiger partial charge in [0.05, 0.1) is 24.0 Å². The van der Waals surface area contributed by atoms with Crippen LogP contribution < -0.4 is 0 Å². The second-order valence-electron chi connectivity index (χ2n) is 6.53. The van der Waals surface area contributed by atoms with E-state index in [1.807, 2.05) is 18.7 Å². The average molecular weight is 294 g/mol. The highest BCUT2D eigenvalue weighted by molar-refractivity contribution is 5.95. The van der Waals surface area contributed by atoms with E-state index in [2.05, 4.69) is 5.16 Å². The lowest BCUT2D eigenvalue weighted by Gasteiger charge is -2.42. The van der Waals surface area contributed by atoms with Crippen molar-refractivity contribution in [3.63, 3.8) is 0 Å². The lowest BCUT2D eigenvalue weighted by Crippen LogP contribution is -2.55. The SMILES string of the molecule is COCC1CN(C(=O)c2conc2C2CC2)CC(C)(C)O1. The second-order valence-corrected chi connectivity index (χ2v) is 6.53. The highest BCUT2D eigenvalue weighted by Crippen LogP contribution is 2.41. The van der Waals surface area contributed by atoms with Gasteiger partial charge in [-0.15, -0.1) is 0 Å². The lowest BCUT2D eigenvalue weighted by atomic mass is 10.0. The largest absolute Gasteiger partial charge is 0.382 e. The molecule has 116 valence electrons. The summed E-state index contributed by atoms with van der Waals surface area (Å²) in [6.07, 6.45) is 3.55. The fraction of sp³-hybridized carbons (Fsp3) is 0.733. The van der Waals surface area contributed by atoms with Crippen molar-refractivity contribution < 1.29 is 18.8 Å². The number of carbonyl (C=O) groups excluding carboxylic acids is 1. The van der Waals surface area contributed by atoms with Crippen LogP contribution in [0.15, 0.2) is 10.8 Å². The minimum absolute atomic E-state index is 0.0179. The van der Waals surface area contributed by atoms with Gasteiger partial charge >= 0.3 is 0 Å². The number of methoxy groups -OCH3 is 1. The van der Waals surface area contributed by atoms with Gasteiger partial charge in [-0.1, -0.05) is 5.16 Å². The summed E-state index contributed by atoms with van der Waals surface area (Å²) in [5, 5.41) is 4.01. The van der Waals surface area contributed by atoms with Crippen LogP contribution in [0, 0.1) is 0 Å². The zero-order chi connectivity index (χ0) is 15.0. The van der Waals surface area contributed by atoms with E-state index in [1.165, 1.54) is 6.26 Å². The first-order valence-electron chi connectivity index (χ1n) is 7.40. The minimum atomic E-state index is -0.381. The molecule has 1 aromatic rings. The van der Waals surface area contributed by atoms with Crippen LogP contribution in [0.3, 0.4) is 0 Å². The van der Waals surface area contributed by atoms with Gasteiger partial charge in [0.2, 0.25) is 0 Å². The Balaban J connectivity index is 1.77. The molecule has 2 heterocycles. The van der Waals surface area contributed by atoms with Gasteiger partial charge < -0.3 is 18.9 Å². The Bertz CT molecular complexity index is 521. The summed E-state index contributed by atoms with van der Waals surface area (Å²) < 4.78 is 16.1. The Labute approximate surface area is 124 Å². The molecule has 3 rings (SSSR count). The van der Waals surface area contributed by atoms with E-state index in [0.717, 1.165) is 18.5 Å². The van der Waals surface area contributed by atoms with E-state index < -0.39 is 0 Å². The number of ether oxygens (including phenoxy) is 2. The van der Waals surface area contributed by atoms with Crippen molar-refractivity contribution in [3.8, 4) is 0 Å². The zero-order valence-corrected chi connectivity index (χ0v) is 12.8.